The first-order chi connectivity index (χ1) is 14.8. The van der Waals surface area contributed by atoms with Gasteiger partial charge in [0.2, 0.25) is 12.4 Å². The second kappa shape index (κ2) is 8.24. The number of aliphatic hydroxyl groups excluding tert-OH is 1. The number of aromatic nitrogens is 1. The quantitative estimate of drug-likeness (QED) is 0.475. The minimum atomic E-state index is -0.293. The highest BCUT2D eigenvalue weighted by Gasteiger charge is 2.54. The van der Waals surface area contributed by atoms with Crippen LogP contribution in [0.5, 0.6) is 0 Å². The highest BCUT2D eigenvalue weighted by atomic mass is 19.1. The van der Waals surface area contributed by atoms with E-state index in [1.54, 1.807) is 18.5 Å². The summed E-state index contributed by atoms with van der Waals surface area (Å²) in [5, 5.41) is 28.3. The molecule has 5 rings (SSSR count). The fraction of sp³-hybridized carbons (Fsp3) is 0.538. The summed E-state index contributed by atoms with van der Waals surface area (Å²) in [6, 6.07) is 7.46. The minimum absolute atomic E-state index is 0.0593. The van der Waals surface area contributed by atoms with Gasteiger partial charge < -0.3 is 5.11 Å². The number of hydrogen-bond acceptors (Lipinski definition) is 3. The molecule has 0 amide bonds. The maximum Gasteiger partial charge on any atom is 0.225 e. The monoisotopic (exact) mass is 423 g/mol. The molecular formula is C26H32FN2O2+. The van der Waals surface area contributed by atoms with Crippen molar-refractivity contribution >= 4 is 0 Å². The zero-order valence-electron chi connectivity index (χ0n) is 18.6. The van der Waals surface area contributed by atoms with Gasteiger partial charge in [-0.15, -0.1) is 0 Å². The third-order valence-electron chi connectivity index (χ3n) is 8.34. The van der Waals surface area contributed by atoms with Gasteiger partial charge in [0.05, 0.1) is 11.7 Å². The van der Waals surface area contributed by atoms with Crippen molar-refractivity contribution in [2.24, 2.45) is 17.3 Å². The number of aryl methyl sites for hydroxylation is 2. The van der Waals surface area contributed by atoms with E-state index in [0.717, 1.165) is 59.9 Å². The van der Waals surface area contributed by atoms with E-state index >= 15 is 0 Å². The number of pyridine rings is 1. The molecule has 1 aromatic carbocycles. The molecule has 0 saturated heterocycles. The Kier molecular flexibility index (Phi) is 5.79. The molecule has 0 aliphatic heterocycles. The van der Waals surface area contributed by atoms with Crippen LogP contribution in [0.25, 0.3) is 0 Å². The molecule has 4 nitrogen and oxygen atoms in total. The second-order valence-corrected chi connectivity index (χ2v) is 9.85. The van der Waals surface area contributed by atoms with Gasteiger partial charge in [-0.2, -0.15) is 5.26 Å². The number of benzene rings is 1. The summed E-state index contributed by atoms with van der Waals surface area (Å²) in [6.07, 6.45) is 8.94. The number of aliphatic hydroxyl groups is 1. The average Bonchev–Trinajstić information content (AvgIpc) is 3.06. The Balaban J connectivity index is 0.000000217. The van der Waals surface area contributed by atoms with Crippen LogP contribution in [0.4, 0.5) is 4.39 Å². The number of hydrogen-bond donors (Lipinski definition) is 2. The summed E-state index contributed by atoms with van der Waals surface area (Å²) in [6.45, 7) is 6.22. The predicted molar refractivity (Wildman–Crippen MR) is 115 cm³/mol. The van der Waals surface area contributed by atoms with E-state index < -0.39 is 0 Å². The third-order valence-corrected chi connectivity index (χ3v) is 8.34. The van der Waals surface area contributed by atoms with Crippen molar-refractivity contribution in [2.45, 2.75) is 71.3 Å². The van der Waals surface area contributed by atoms with Gasteiger partial charge in [0.25, 0.3) is 0 Å². The lowest BCUT2D eigenvalue weighted by Gasteiger charge is -2.50. The van der Waals surface area contributed by atoms with Crippen LogP contribution < -0.4 is 4.73 Å². The smallest absolute Gasteiger partial charge is 0.225 e. The van der Waals surface area contributed by atoms with Gasteiger partial charge in [-0.3, -0.25) is 5.21 Å². The van der Waals surface area contributed by atoms with Crippen LogP contribution >= 0.6 is 0 Å². The molecule has 3 aliphatic rings. The van der Waals surface area contributed by atoms with E-state index in [1.807, 2.05) is 32.0 Å². The summed E-state index contributed by atoms with van der Waals surface area (Å²) < 4.78 is 15.5. The van der Waals surface area contributed by atoms with Crippen molar-refractivity contribution in [3.63, 3.8) is 0 Å². The lowest BCUT2D eigenvalue weighted by molar-refractivity contribution is -0.905. The van der Waals surface area contributed by atoms with Crippen molar-refractivity contribution < 1.29 is 19.4 Å². The summed E-state index contributed by atoms with van der Waals surface area (Å²) in [5.41, 5.74) is 4.44. The van der Waals surface area contributed by atoms with Crippen molar-refractivity contribution in [3.05, 3.63) is 64.2 Å². The molecule has 5 heteroatoms. The van der Waals surface area contributed by atoms with Crippen LogP contribution in [0, 0.1) is 48.2 Å². The zero-order valence-corrected chi connectivity index (χ0v) is 18.6. The topological polar surface area (TPSA) is 68.1 Å². The van der Waals surface area contributed by atoms with Gasteiger partial charge in [-0.05, 0) is 98.3 Å². The zero-order chi connectivity index (χ0) is 22.3. The lowest BCUT2D eigenvalue weighted by atomic mass is 9.55. The highest BCUT2D eigenvalue weighted by molar-refractivity contribution is 5.43. The minimum Gasteiger partial charge on any atom is -0.393 e. The fourth-order valence-electron chi connectivity index (χ4n) is 6.35. The van der Waals surface area contributed by atoms with Crippen LogP contribution in [0.1, 0.15) is 72.8 Å². The van der Waals surface area contributed by atoms with Gasteiger partial charge in [-0.25, -0.2) is 4.39 Å². The molecule has 2 fully saturated rings. The van der Waals surface area contributed by atoms with Crippen LogP contribution in [-0.4, -0.2) is 16.4 Å². The number of fused-ring (bicyclic) bond motifs is 5. The molecule has 5 atom stereocenters. The molecule has 1 aromatic heterocycles. The normalized spacial score (nSPS) is 30.8. The molecule has 3 aliphatic carbocycles. The predicted octanol–water partition coefficient (Wildman–Crippen LogP) is 4.74. The molecule has 2 aromatic rings. The molecule has 3 unspecified atom stereocenters. The van der Waals surface area contributed by atoms with E-state index in [-0.39, 0.29) is 22.9 Å². The largest absolute Gasteiger partial charge is 0.393 e. The molecule has 2 saturated carbocycles. The Morgan fingerprint density at radius 3 is 2.58 bits per heavy atom. The molecule has 0 bridgehead atoms. The van der Waals surface area contributed by atoms with E-state index in [2.05, 4.69) is 6.92 Å². The number of rotatable bonds is 0. The molecule has 2 N–H and O–H groups in total. The van der Waals surface area contributed by atoms with Crippen LogP contribution in [0.3, 0.4) is 0 Å². The standard InChI is InChI=1S/C19H22FNO.C7H10NO/c1-19-9-8-13-12-3-2-11(10-21)18(20)15(12)5-4-14(13)16(19)6-7-17(19)22;1-6-3-4-8(9)5-7(6)2/h2-3,13-14,16-17,22H,4-9H2,1H3;3-5,9H,1-2H3/q;+1/t13?,14?,16?,17-,19-;/m0./s1. The third kappa shape index (κ3) is 3.72. The first-order valence-electron chi connectivity index (χ1n) is 11.3. The molecule has 1 heterocycles. The molecule has 0 radical (unpaired) electrons. The second-order valence-electron chi connectivity index (χ2n) is 9.85. The van der Waals surface area contributed by atoms with Gasteiger partial charge in [0.1, 0.15) is 11.9 Å². The fourth-order valence-corrected chi connectivity index (χ4v) is 6.35. The Bertz CT molecular complexity index is 1030. The maximum atomic E-state index is 14.5. The molecule has 31 heavy (non-hydrogen) atoms. The van der Waals surface area contributed by atoms with Gasteiger partial charge >= 0.3 is 0 Å². The number of nitriles is 1. The Morgan fingerprint density at radius 2 is 1.90 bits per heavy atom. The van der Waals surface area contributed by atoms with E-state index in [0.29, 0.717) is 17.8 Å². The Morgan fingerprint density at radius 1 is 1.13 bits per heavy atom. The SMILES string of the molecule is C[C@]12CCC3c4ccc(C#N)c(F)c4CCC3C1CC[C@@H]2O.Cc1cc[n+](O)cc1C. The van der Waals surface area contributed by atoms with Gasteiger partial charge in [0, 0.05) is 16.4 Å². The average molecular weight is 424 g/mol. The van der Waals surface area contributed by atoms with Gasteiger partial charge in [0.15, 0.2) is 0 Å². The summed E-state index contributed by atoms with van der Waals surface area (Å²) in [7, 11) is 0. The lowest BCUT2D eigenvalue weighted by Crippen LogP contribution is -2.44. The first kappa shape index (κ1) is 21.8. The molecule has 164 valence electrons. The first-order valence-corrected chi connectivity index (χ1v) is 11.3. The molecule has 0 spiro atoms. The van der Waals surface area contributed by atoms with Crippen molar-refractivity contribution in [1.82, 2.24) is 0 Å². The van der Waals surface area contributed by atoms with Crippen LogP contribution in [-0.2, 0) is 6.42 Å². The Labute approximate surface area is 183 Å². The van der Waals surface area contributed by atoms with E-state index in [4.69, 9.17) is 10.5 Å². The van der Waals surface area contributed by atoms with Gasteiger partial charge in [-0.1, -0.05) is 13.0 Å². The number of halogens is 1. The summed E-state index contributed by atoms with van der Waals surface area (Å²) in [5.74, 6) is 1.25. The summed E-state index contributed by atoms with van der Waals surface area (Å²) >= 11 is 0. The summed E-state index contributed by atoms with van der Waals surface area (Å²) in [4.78, 5) is 0. The molecular weight excluding hydrogens is 391 g/mol. The number of nitrogens with zero attached hydrogens (tertiary/aromatic N) is 2. The van der Waals surface area contributed by atoms with Crippen molar-refractivity contribution in [1.29, 1.82) is 5.26 Å². The maximum absolute atomic E-state index is 14.5. The van der Waals surface area contributed by atoms with Crippen molar-refractivity contribution in [2.75, 3.05) is 0 Å². The van der Waals surface area contributed by atoms with Crippen LogP contribution in [0.2, 0.25) is 0 Å². The van der Waals surface area contributed by atoms with Crippen LogP contribution in [0.15, 0.2) is 30.6 Å². The van der Waals surface area contributed by atoms with Crippen molar-refractivity contribution in [3.8, 4) is 6.07 Å². The highest BCUT2D eigenvalue weighted by Crippen LogP contribution is 2.60. The van der Waals surface area contributed by atoms with E-state index in [1.165, 1.54) is 5.56 Å². The Hall–Kier alpha value is -2.45. The van der Waals surface area contributed by atoms with E-state index in [9.17, 15) is 9.50 Å².